The molecule has 0 aliphatic heterocycles. The number of benzene rings is 1. The Morgan fingerprint density at radius 1 is 1.24 bits per heavy atom. The third kappa shape index (κ3) is 4.26. The summed E-state index contributed by atoms with van der Waals surface area (Å²) in [6.45, 7) is 0. The van der Waals surface area contributed by atoms with Gasteiger partial charge in [-0.05, 0) is 30.5 Å². The maximum atomic E-state index is 12.4. The summed E-state index contributed by atoms with van der Waals surface area (Å²) >= 11 is 0. The zero-order valence-electron chi connectivity index (χ0n) is 9.75. The molecule has 0 aromatic heterocycles. The van der Waals surface area contributed by atoms with Gasteiger partial charge in [0, 0.05) is 7.11 Å². The van der Waals surface area contributed by atoms with Crippen molar-refractivity contribution < 1.29 is 22.6 Å². The van der Waals surface area contributed by atoms with E-state index in [1.807, 2.05) is 0 Å². The van der Waals surface area contributed by atoms with Crippen LogP contribution in [0.3, 0.4) is 0 Å². The van der Waals surface area contributed by atoms with E-state index in [-0.39, 0.29) is 6.42 Å². The van der Waals surface area contributed by atoms with Crippen LogP contribution < -0.4 is 4.74 Å². The molecule has 0 bridgehead atoms. The first-order chi connectivity index (χ1) is 7.97. The Bertz CT molecular complexity index is 350. The van der Waals surface area contributed by atoms with Crippen molar-refractivity contribution in [3.8, 4) is 5.75 Å². The van der Waals surface area contributed by atoms with Crippen LogP contribution in [0.15, 0.2) is 24.3 Å². The van der Waals surface area contributed by atoms with Gasteiger partial charge in [0.15, 0.2) is 6.10 Å². The van der Waals surface area contributed by atoms with Gasteiger partial charge in [-0.1, -0.05) is 12.1 Å². The first-order valence-corrected chi connectivity index (χ1v) is 5.20. The number of ether oxygens (including phenoxy) is 2. The van der Waals surface area contributed by atoms with Crippen molar-refractivity contribution in [2.24, 2.45) is 0 Å². The Morgan fingerprint density at radius 2 is 1.94 bits per heavy atom. The molecule has 0 aliphatic carbocycles. The van der Waals surface area contributed by atoms with Gasteiger partial charge in [-0.3, -0.25) is 0 Å². The van der Waals surface area contributed by atoms with Gasteiger partial charge in [-0.25, -0.2) is 0 Å². The highest BCUT2D eigenvalue weighted by Gasteiger charge is 2.39. The predicted molar refractivity (Wildman–Crippen MR) is 58.2 cm³/mol. The van der Waals surface area contributed by atoms with Crippen LogP contribution in [0.5, 0.6) is 5.75 Å². The second kappa shape index (κ2) is 5.91. The summed E-state index contributed by atoms with van der Waals surface area (Å²) in [5.74, 6) is 0.642. The van der Waals surface area contributed by atoms with Gasteiger partial charge in [-0.2, -0.15) is 13.2 Å². The normalized spacial score (nSPS) is 13.5. The maximum Gasteiger partial charge on any atom is 0.414 e. The molecule has 17 heavy (non-hydrogen) atoms. The van der Waals surface area contributed by atoms with Crippen molar-refractivity contribution in [1.82, 2.24) is 0 Å². The van der Waals surface area contributed by atoms with Crippen molar-refractivity contribution in [3.63, 3.8) is 0 Å². The molecule has 1 atom stereocenters. The van der Waals surface area contributed by atoms with E-state index in [1.165, 1.54) is 7.11 Å². The molecule has 1 aromatic carbocycles. The molecule has 0 heterocycles. The van der Waals surface area contributed by atoms with Crippen molar-refractivity contribution >= 4 is 0 Å². The Labute approximate surface area is 98.3 Å². The van der Waals surface area contributed by atoms with Crippen LogP contribution in [0.1, 0.15) is 12.0 Å². The van der Waals surface area contributed by atoms with E-state index in [9.17, 15) is 13.2 Å². The summed E-state index contributed by atoms with van der Waals surface area (Å²) in [4.78, 5) is 0. The molecular weight excluding hydrogens is 233 g/mol. The van der Waals surface area contributed by atoms with Gasteiger partial charge in [0.2, 0.25) is 0 Å². The van der Waals surface area contributed by atoms with E-state index in [2.05, 4.69) is 4.74 Å². The van der Waals surface area contributed by atoms with Crippen LogP contribution in [0.4, 0.5) is 13.2 Å². The smallest absolute Gasteiger partial charge is 0.414 e. The minimum atomic E-state index is -4.31. The van der Waals surface area contributed by atoms with E-state index in [0.717, 1.165) is 12.7 Å². The summed E-state index contributed by atoms with van der Waals surface area (Å²) in [7, 11) is 2.59. The molecule has 1 unspecified atom stereocenters. The highest BCUT2D eigenvalue weighted by Crippen LogP contribution is 2.26. The second-order valence-corrected chi connectivity index (χ2v) is 3.66. The minimum Gasteiger partial charge on any atom is -0.497 e. The van der Waals surface area contributed by atoms with Crippen LogP contribution in [0, 0.1) is 0 Å². The molecular formula is C12H15F3O2. The number of alkyl halides is 3. The summed E-state index contributed by atoms with van der Waals surface area (Å²) in [6, 6.07) is 7.00. The van der Waals surface area contributed by atoms with E-state index >= 15 is 0 Å². The number of aryl methyl sites for hydroxylation is 1. The molecule has 2 nitrogen and oxygen atoms in total. The Hall–Kier alpha value is -1.23. The molecule has 0 radical (unpaired) electrons. The number of rotatable bonds is 5. The summed E-state index contributed by atoms with van der Waals surface area (Å²) in [5, 5.41) is 0. The number of hydrogen-bond acceptors (Lipinski definition) is 2. The average Bonchev–Trinajstić information content (AvgIpc) is 2.28. The first kappa shape index (κ1) is 13.8. The molecule has 5 heteroatoms. The van der Waals surface area contributed by atoms with Crippen LogP contribution in [0.25, 0.3) is 0 Å². The Morgan fingerprint density at radius 3 is 2.47 bits per heavy atom. The number of hydrogen-bond donors (Lipinski definition) is 0. The largest absolute Gasteiger partial charge is 0.497 e. The van der Waals surface area contributed by atoms with Crippen molar-refractivity contribution in [3.05, 3.63) is 29.8 Å². The quantitative estimate of drug-likeness (QED) is 0.796. The van der Waals surface area contributed by atoms with Gasteiger partial charge in [-0.15, -0.1) is 0 Å². The molecule has 0 saturated heterocycles. The fraction of sp³-hybridized carbons (Fsp3) is 0.500. The van der Waals surface area contributed by atoms with Gasteiger partial charge >= 0.3 is 6.18 Å². The fourth-order valence-corrected chi connectivity index (χ4v) is 1.54. The summed E-state index contributed by atoms with van der Waals surface area (Å²) in [5.41, 5.74) is 0.802. The first-order valence-electron chi connectivity index (χ1n) is 5.20. The average molecular weight is 248 g/mol. The van der Waals surface area contributed by atoms with Gasteiger partial charge in [0.05, 0.1) is 7.11 Å². The Balaban J connectivity index is 2.59. The lowest BCUT2D eigenvalue weighted by Gasteiger charge is -2.18. The molecule has 0 spiro atoms. The number of halogens is 3. The lowest BCUT2D eigenvalue weighted by Crippen LogP contribution is -2.31. The van der Waals surface area contributed by atoms with E-state index in [4.69, 9.17) is 4.74 Å². The molecule has 0 amide bonds. The van der Waals surface area contributed by atoms with E-state index < -0.39 is 12.3 Å². The van der Waals surface area contributed by atoms with Gasteiger partial charge in [0.25, 0.3) is 0 Å². The Kier molecular flexibility index (Phi) is 4.81. The second-order valence-electron chi connectivity index (χ2n) is 3.66. The van der Waals surface area contributed by atoms with Gasteiger partial charge in [0.1, 0.15) is 5.75 Å². The van der Waals surface area contributed by atoms with E-state index in [1.54, 1.807) is 24.3 Å². The zero-order valence-corrected chi connectivity index (χ0v) is 9.75. The zero-order chi connectivity index (χ0) is 12.9. The van der Waals surface area contributed by atoms with Crippen LogP contribution in [-0.4, -0.2) is 26.5 Å². The predicted octanol–water partition coefficient (Wildman–Crippen LogP) is 3.21. The summed E-state index contributed by atoms with van der Waals surface area (Å²) in [6.07, 6.45) is -5.82. The molecule has 0 fully saturated rings. The lowest BCUT2D eigenvalue weighted by molar-refractivity contribution is -0.214. The molecule has 0 aliphatic rings. The third-order valence-corrected chi connectivity index (χ3v) is 2.48. The highest BCUT2D eigenvalue weighted by atomic mass is 19.4. The van der Waals surface area contributed by atoms with Crippen LogP contribution >= 0.6 is 0 Å². The SMILES string of the molecule is COc1cccc(CCC(OC)C(F)(F)F)c1. The van der Waals surface area contributed by atoms with Crippen molar-refractivity contribution in [2.45, 2.75) is 25.1 Å². The molecule has 1 rings (SSSR count). The topological polar surface area (TPSA) is 18.5 Å². The lowest BCUT2D eigenvalue weighted by atomic mass is 10.1. The number of methoxy groups -OCH3 is 2. The van der Waals surface area contributed by atoms with Crippen LogP contribution in [0.2, 0.25) is 0 Å². The van der Waals surface area contributed by atoms with E-state index in [0.29, 0.717) is 12.2 Å². The summed E-state index contributed by atoms with van der Waals surface area (Å²) < 4.78 is 46.7. The molecule has 1 aromatic rings. The molecule has 96 valence electrons. The fourth-order valence-electron chi connectivity index (χ4n) is 1.54. The van der Waals surface area contributed by atoms with Crippen molar-refractivity contribution in [1.29, 1.82) is 0 Å². The minimum absolute atomic E-state index is 0.0901. The van der Waals surface area contributed by atoms with Crippen molar-refractivity contribution in [2.75, 3.05) is 14.2 Å². The maximum absolute atomic E-state index is 12.4. The van der Waals surface area contributed by atoms with Crippen LogP contribution in [-0.2, 0) is 11.2 Å². The molecule has 0 saturated carbocycles. The monoisotopic (exact) mass is 248 g/mol. The van der Waals surface area contributed by atoms with Gasteiger partial charge < -0.3 is 9.47 Å². The third-order valence-electron chi connectivity index (χ3n) is 2.48. The molecule has 0 N–H and O–H groups in total. The standard InChI is InChI=1S/C12H15F3O2/c1-16-10-5-3-4-9(8-10)6-7-11(17-2)12(13,14)15/h3-5,8,11H,6-7H2,1-2H3. The highest BCUT2D eigenvalue weighted by molar-refractivity contribution is 5.28.